The molecule has 1 atom stereocenters. The lowest BCUT2D eigenvalue weighted by Gasteiger charge is -2.34. The van der Waals surface area contributed by atoms with Gasteiger partial charge in [-0.25, -0.2) is 0 Å². The molecule has 1 aromatic rings. The maximum Gasteiger partial charge on any atom is 0.254 e. The van der Waals surface area contributed by atoms with Crippen LogP contribution in [-0.2, 0) is 4.79 Å². The number of benzene rings is 1. The number of rotatable bonds is 4. The van der Waals surface area contributed by atoms with Crippen LogP contribution in [-0.4, -0.2) is 58.5 Å². The summed E-state index contributed by atoms with van der Waals surface area (Å²) in [5, 5.41) is 10.2. The zero-order chi connectivity index (χ0) is 16.3. The lowest BCUT2D eigenvalue weighted by molar-refractivity contribution is -0.137. The van der Waals surface area contributed by atoms with Crippen LogP contribution in [0.4, 0.5) is 0 Å². The summed E-state index contributed by atoms with van der Waals surface area (Å²) < 4.78 is 0. The summed E-state index contributed by atoms with van der Waals surface area (Å²) in [5.41, 5.74) is -0.355. The monoisotopic (exact) mass is 304 g/mol. The van der Waals surface area contributed by atoms with Crippen LogP contribution in [0.1, 0.15) is 37.0 Å². The Hall–Kier alpha value is -1.88. The van der Waals surface area contributed by atoms with E-state index in [1.807, 2.05) is 6.07 Å². The highest BCUT2D eigenvalue weighted by atomic mass is 16.3. The Bertz CT molecular complexity index is 537. The third kappa shape index (κ3) is 3.65. The molecule has 0 radical (unpaired) electrons. The first kappa shape index (κ1) is 16.5. The number of likely N-dealkylation sites (N-methyl/N-ethyl adjacent to an activating group) is 1. The van der Waals surface area contributed by atoms with Crippen LogP contribution in [0.2, 0.25) is 0 Å². The van der Waals surface area contributed by atoms with E-state index in [4.69, 9.17) is 0 Å². The van der Waals surface area contributed by atoms with Gasteiger partial charge in [0.05, 0.1) is 18.2 Å². The van der Waals surface area contributed by atoms with Crippen molar-refractivity contribution in [1.29, 1.82) is 0 Å². The first-order valence-electron chi connectivity index (χ1n) is 7.63. The van der Waals surface area contributed by atoms with Gasteiger partial charge in [-0.05, 0) is 38.8 Å². The van der Waals surface area contributed by atoms with Gasteiger partial charge in [0.15, 0.2) is 0 Å². The number of aliphatic hydroxyl groups is 1. The van der Waals surface area contributed by atoms with E-state index >= 15 is 0 Å². The number of amides is 2. The van der Waals surface area contributed by atoms with Crippen molar-refractivity contribution in [1.82, 2.24) is 9.80 Å². The second-order valence-electron chi connectivity index (χ2n) is 6.43. The zero-order valence-corrected chi connectivity index (χ0v) is 13.5. The number of likely N-dealkylation sites (tertiary alicyclic amines) is 1. The van der Waals surface area contributed by atoms with E-state index in [9.17, 15) is 14.7 Å². The SMILES string of the molecule is CN(CC(=O)N1CCCC1C(C)(C)O)C(=O)c1ccccc1. The van der Waals surface area contributed by atoms with Crippen LogP contribution in [0.15, 0.2) is 30.3 Å². The maximum atomic E-state index is 12.5. The molecule has 120 valence electrons. The molecule has 2 amide bonds. The topological polar surface area (TPSA) is 60.9 Å². The fourth-order valence-electron chi connectivity index (χ4n) is 2.97. The summed E-state index contributed by atoms with van der Waals surface area (Å²) in [4.78, 5) is 27.9. The normalized spacial score (nSPS) is 18.4. The molecule has 0 bridgehead atoms. The van der Waals surface area contributed by atoms with Gasteiger partial charge in [0.25, 0.3) is 5.91 Å². The second kappa shape index (κ2) is 6.48. The van der Waals surface area contributed by atoms with Crippen LogP contribution in [0, 0.1) is 0 Å². The average molecular weight is 304 g/mol. The summed E-state index contributed by atoms with van der Waals surface area (Å²) in [6, 6.07) is 8.74. The van der Waals surface area contributed by atoms with Crippen LogP contribution < -0.4 is 0 Å². The summed E-state index contributed by atoms with van der Waals surface area (Å²) in [6.07, 6.45) is 1.68. The molecule has 1 heterocycles. The predicted molar refractivity (Wildman–Crippen MR) is 84.4 cm³/mol. The van der Waals surface area contributed by atoms with Gasteiger partial charge >= 0.3 is 0 Å². The van der Waals surface area contributed by atoms with Crippen molar-refractivity contribution >= 4 is 11.8 Å². The van der Waals surface area contributed by atoms with Crippen molar-refractivity contribution in [3.05, 3.63) is 35.9 Å². The van der Waals surface area contributed by atoms with Crippen molar-refractivity contribution in [3.8, 4) is 0 Å². The van der Waals surface area contributed by atoms with E-state index in [-0.39, 0.29) is 24.4 Å². The second-order valence-corrected chi connectivity index (χ2v) is 6.43. The Morgan fingerprint density at radius 2 is 1.95 bits per heavy atom. The lowest BCUT2D eigenvalue weighted by atomic mass is 9.96. The molecule has 1 aliphatic rings. The van der Waals surface area contributed by atoms with Crippen molar-refractivity contribution < 1.29 is 14.7 Å². The summed E-state index contributed by atoms with van der Waals surface area (Å²) >= 11 is 0. The number of nitrogens with zero attached hydrogens (tertiary/aromatic N) is 2. The summed E-state index contributed by atoms with van der Waals surface area (Å²) in [5.74, 6) is -0.288. The molecule has 1 saturated heterocycles. The fraction of sp³-hybridized carbons (Fsp3) is 0.529. The van der Waals surface area contributed by atoms with Gasteiger partial charge in [0.1, 0.15) is 0 Å². The van der Waals surface area contributed by atoms with E-state index in [1.165, 1.54) is 4.90 Å². The molecule has 1 N–H and O–H groups in total. The van der Waals surface area contributed by atoms with Crippen molar-refractivity contribution in [2.45, 2.75) is 38.3 Å². The third-order valence-electron chi connectivity index (χ3n) is 4.13. The maximum absolute atomic E-state index is 12.5. The molecule has 1 aliphatic heterocycles. The summed E-state index contributed by atoms with van der Waals surface area (Å²) in [7, 11) is 1.63. The minimum atomic E-state index is -0.922. The van der Waals surface area contributed by atoms with E-state index in [1.54, 1.807) is 50.1 Å². The number of hydrogen-bond donors (Lipinski definition) is 1. The standard InChI is InChI=1S/C17H24N2O3/c1-17(2,22)14-10-7-11-19(14)15(20)12-18(3)16(21)13-8-5-4-6-9-13/h4-6,8-9,14,22H,7,10-12H2,1-3H3. The predicted octanol–water partition coefficient (Wildman–Crippen LogP) is 1.52. The molecule has 22 heavy (non-hydrogen) atoms. The highest BCUT2D eigenvalue weighted by Gasteiger charge is 2.38. The molecule has 1 unspecified atom stereocenters. The van der Waals surface area contributed by atoms with Crippen molar-refractivity contribution in [3.63, 3.8) is 0 Å². The van der Waals surface area contributed by atoms with E-state index < -0.39 is 5.60 Å². The van der Waals surface area contributed by atoms with Crippen molar-refractivity contribution in [2.24, 2.45) is 0 Å². The molecule has 0 aromatic heterocycles. The van der Waals surface area contributed by atoms with Gasteiger partial charge in [0, 0.05) is 19.2 Å². The van der Waals surface area contributed by atoms with Crippen LogP contribution in [0.3, 0.4) is 0 Å². The zero-order valence-electron chi connectivity index (χ0n) is 13.5. The van der Waals surface area contributed by atoms with Gasteiger partial charge in [-0.3, -0.25) is 9.59 Å². The van der Waals surface area contributed by atoms with E-state index in [2.05, 4.69) is 0 Å². The number of carbonyl (C=O) groups is 2. The Morgan fingerprint density at radius 3 is 2.55 bits per heavy atom. The molecule has 0 spiro atoms. The minimum Gasteiger partial charge on any atom is -0.388 e. The molecule has 0 aliphatic carbocycles. The van der Waals surface area contributed by atoms with Crippen LogP contribution in [0.25, 0.3) is 0 Å². The molecular weight excluding hydrogens is 280 g/mol. The molecule has 0 saturated carbocycles. The van der Waals surface area contributed by atoms with E-state index in [0.717, 1.165) is 12.8 Å². The molecule has 2 rings (SSSR count). The Labute approximate surface area is 131 Å². The molecule has 1 aromatic carbocycles. The van der Waals surface area contributed by atoms with Gasteiger partial charge in [-0.2, -0.15) is 0 Å². The lowest BCUT2D eigenvalue weighted by Crippen LogP contribution is -2.51. The van der Waals surface area contributed by atoms with Crippen molar-refractivity contribution in [2.75, 3.05) is 20.1 Å². The van der Waals surface area contributed by atoms with Crippen LogP contribution >= 0.6 is 0 Å². The fourth-order valence-corrected chi connectivity index (χ4v) is 2.97. The molecule has 1 fully saturated rings. The van der Waals surface area contributed by atoms with Gasteiger partial charge in [-0.1, -0.05) is 18.2 Å². The average Bonchev–Trinajstić information content (AvgIpc) is 2.97. The smallest absolute Gasteiger partial charge is 0.254 e. The molecular formula is C17H24N2O3. The molecule has 5 heteroatoms. The minimum absolute atomic E-state index is 0.0281. The van der Waals surface area contributed by atoms with Gasteiger partial charge < -0.3 is 14.9 Å². The Morgan fingerprint density at radius 1 is 1.32 bits per heavy atom. The van der Waals surface area contributed by atoms with Gasteiger partial charge in [-0.15, -0.1) is 0 Å². The van der Waals surface area contributed by atoms with E-state index in [0.29, 0.717) is 12.1 Å². The third-order valence-corrected chi connectivity index (χ3v) is 4.13. The first-order valence-corrected chi connectivity index (χ1v) is 7.63. The first-order chi connectivity index (χ1) is 10.3. The number of hydrogen-bond acceptors (Lipinski definition) is 3. The van der Waals surface area contributed by atoms with Crippen LogP contribution in [0.5, 0.6) is 0 Å². The summed E-state index contributed by atoms with van der Waals surface area (Å²) in [6.45, 7) is 4.12. The molecule has 5 nitrogen and oxygen atoms in total. The Balaban J connectivity index is 2.01. The highest BCUT2D eigenvalue weighted by Crippen LogP contribution is 2.26. The largest absolute Gasteiger partial charge is 0.388 e. The van der Waals surface area contributed by atoms with Gasteiger partial charge in [0.2, 0.25) is 5.91 Å². The number of carbonyl (C=O) groups excluding carboxylic acids is 2. The Kier molecular flexibility index (Phi) is 4.86. The highest BCUT2D eigenvalue weighted by molar-refractivity contribution is 5.96. The quantitative estimate of drug-likeness (QED) is 0.917.